The van der Waals surface area contributed by atoms with Crippen molar-refractivity contribution in [2.24, 2.45) is 5.92 Å². The Kier molecular flexibility index (Phi) is 6.50. The molecule has 0 saturated carbocycles. The van der Waals surface area contributed by atoms with E-state index >= 15 is 0 Å². The van der Waals surface area contributed by atoms with Crippen molar-refractivity contribution in [3.63, 3.8) is 0 Å². The predicted molar refractivity (Wildman–Crippen MR) is 84.5 cm³/mol. The van der Waals surface area contributed by atoms with Gasteiger partial charge in [-0.1, -0.05) is 18.2 Å². The first-order valence-corrected chi connectivity index (χ1v) is 7.56. The Bertz CT molecular complexity index is 425. The molecule has 0 bridgehead atoms. The van der Waals surface area contributed by atoms with Crippen molar-refractivity contribution in [3.8, 4) is 0 Å². The lowest BCUT2D eigenvalue weighted by molar-refractivity contribution is -0.120. The molecule has 1 aliphatic heterocycles. The van der Waals surface area contributed by atoms with Crippen LogP contribution in [0.3, 0.4) is 0 Å². The molecule has 1 aromatic carbocycles. The molecule has 1 fully saturated rings. The van der Waals surface area contributed by atoms with Gasteiger partial charge in [0.25, 0.3) is 0 Å². The second-order valence-electron chi connectivity index (χ2n) is 5.41. The highest BCUT2D eigenvalue weighted by Crippen LogP contribution is 2.22. The highest BCUT2D eigenvalue weighted by atomic mass is 16.5. The molecule has 0 aromatic heterocycles. The van der Waals surface area contributed by atoms with E-state index in [4.69, 9.17) is 4.74 Å². The average Bonchev–Trinajstić information content (AvgIpc) is 2.99. The number of ether oxygens (including phenoxy) is 1. The predicted octanol–water partition coefficient (Wildman–Crippen LogP) is 0.865. The highest BCUT2D eigenvalue weighted by molar-refractivity contribution is 5.77. The molecule has 0 aliphatic carbocycles. The summed E-state index contributed by atoms with van der Waals surface area (Å²) in [4.78, 5) is 14.1. The van der Waals surface area contributed by atoms with E-state index in [2.05, 4.69) is 39.8 Å². The molecule has 21 heavy (non-hydrogen) atoms. The maximum Gasteiger partial charge on any atom is 0.233 e. The Labute approximate surface area is 126 Å². The highest BCUT2D eigenvalue weighted by Gasteiger charge is 2.22. The molecule has 5 nitrogen and oxygen atoms in total. The summed E-state index contributed by atoms with van der Waals surface area (Å²) in [5.74, 6) is 0.595. The number of para-hydroxylation sites is 1. The number of anilines is 1. The van der Waals surface area contributed by atoms with Crippen LogP contribution in [0.5, 0.6) is 0 Å². The summed E-state index contributed by atoms with van der Waals surface area (Å²) in [6.07, 6.45) is 1.13. The molecule has 1 unspecified atom stereocenters. The molecule has 0 spiro atoms. The van der Waals surface area contributed by atoms with E-state index in [-0.39, 0.29) is 5.91 Å². The van der Waals surface area contributed by atoms with E-state index in [0.29, 0.717) is 25.6 Å². The number of hydrogen-bond acceptors (Lipinski definition) is 4. The monoisotopic (exact) mass is 291 g/mol. The van der Waals surface area contributed by atoms with Crippen molar-refractivity contribution < 1.29 is 9.53 Å². The second-order valence-corrected chi connectivity index (χ2v) is 5.41. The number of methoxy groups -OCH3 is 1. The lowest BCUT2D eigenvalue weighted by atomic mass is 10.1. The quantitative estimate of drug-likeness (QED) is 0.698. The standard InChI is InChI=1S/C16H25N3O2/c1-21-10-8-17-12-16(20)18-11-14-7-9-19(13-14)15-5-3-2-4-6-15/h2-6,14,17H,7-13H2,1H3,(H,18,20). The van der Waals surface area contributed by atoms with Crippen LogP contribution in [0.25, 0.3) is 0 Å². The van der Waals surface area contributed by atoms with Crippen LogP contribution in [-0.2, 0) is 9.53 Å². The molecule has 116 valence electrons. The topological polar surface area (TPSA) is 53.6 Å². The smallest absolute Gasteiger partial charge is 0.233 e. The number of hydrogen-bond donors (Lipinski definition) is 2. The molecule has 0 radical (unpaired) electrons. The van der Waals surface area contributed by atoms with Gasteiger partial charge in [0, 0.05) is 39.0 Å². The van der Waals surface area contributed by atoms with E-state index in [1.165, 1.54) is 5.69 Å². The van der Waals surface area contributed by atoms with Gasteiger partial charge in [-0.2, -0.15) is 0 Å². The van der Waals surface area contributed by atoms with Crippen molar-refractivity contribution in [1.29, 1.82) is 0 Å². The zero-order chi connectivity index (χ0) is 14.9. The first kappa shape index (κ1) is 15.8. The number of rotatable bonds is 8. The molecular weight excluding hydrogens is 266 g/mol. The number of carbonyl (C=O) groups excluding carboxylic acids is 1. The summed E-state index contributed by atoms with van der Waals surface area (Å²) in [5, 5.41) is 6.05. The summed E-state index contributed by atoms with van der Waals surface area (Å²) in [6.45, 7) is 4.53. The van der Waals surface area contributed by atoms with Crippen LogP contribution in [0.4, 0.5) is 5.69 Å². The summed E-state index contributed by atoms with van der Waals surface area (Å²) >= 11 is 0. The molecule has 1 aromatic rings. The van der Waals surface area contributed by atoms with Crippen LogP contribution in [0.1, 0.15) is 6.42 Å². The third-order valence-corrected chi connectivity index (χ3v) is 3.76. The summed E-state index contributed by atoms with van der Waals surface area (Å²) in [6, 6.07) is 10.4. The van der Waals surface area contributed by atoms with Crippen LogP contribution in [0.15, 0.2) is 30.3 Å². The molecular formula is C16H25N3O2. The minimum absolute atomic E-state index is 0.0595. The zero-order valence-electron chi connectivity index (χ0n) is 12.7. The third-order valence-electron chi connectivity index (χ3n) is 3.76. The van der Waals surface area contributed by atoms with Crippen molar-refractivity contribution in [2.45, 2.75) is 6.42 Å². The molecule has 1 aliphatic rings. The minimum Gasteiger partial charge on any atom is -0.383 e. The lowest BCUT2D eigenvalue weighted by Gasteiger charge is -2.18. The lowest BCUT2D eigenvalue weighted by Crippen LogP contribution is -2.38. The average molecular weight is 291 g/mol. The van der Waals surface area contributed by atoms with Crippen LogP contribution < -0.4 is 15.5 Å². The number of nitrogens with one attached hydrogen (secondary N) is 2. The van der Waals surface area contributed by atoms with Gasteiger partial charge in [-0.3, -0.25) is 4.79 Å². The number of carbonyl (C=O) groups is 1. The fraction of sp³-hybridized carbons (Fsp3) is 0.562. The number of benzene rings is 1. The van der Waals surface area contributed by atoms with Gasteiger partial charge < -0.3 is 20.3 Å². The van der Waals surface area contributed by atoms with Gasteiger partial charge in [0.15, 0.2) is 0 Å². The van der Waals surface area contributed by atoms with Gasteiger partial charge >= 0.3 is 0 Å². The number of amides is 1. The molecule has 5 heteroatoms. The van der Waals surface area contributed by atoms with Crippen LogP contribution in [-0.4, -0.2) is 52.3 Å². The van der Waals surface area contributed by atoms with Gasteiger partial charge in [-0.25, -0.2) is 0 Å². The third kappa shape index (κ3) is 5.36. The zero-order valence-corrected chi connectivity index (χ0v) is 12.7. The van der Waals surface area contributed by atoms with Gasteiger partial charge in [-0.05, 0) is 24.5 Å². The van der Waals surface area contributed by atoms with Gasteiger partial charge in [-0.15, -0.1) is 0 Å². The Morgan fingerprint density at radius 1 is 1.38 bits per heavy atom. The van der Waals surface area contributed by atoms with Crippen molar-refractivity contribution in [1.82, 2.24) is 10.6 Å². The van der Waals surface area contributed by atoms with Crippen molar-refractivity contribution >= 4 is 11.6 Å². The van der Waals surface area contributed by atoms with E-state index in [0.717, 1.165) is 26.1 Å². The minimum atomic E-state index is 0.0595. The first-order chi connectivity index (χ1) is 10.3. The molecule has 2 rings (SSSR count). The van der Waals surface area contributed by atoms with E-state index in [1.807, 2.05) is 6.07 Å². The first-order valence-electron chi connectivity index (χ1n) is 7.56. The molecule has 1 amide bonds. The van der Waals surface area contributed by atoms with Crippen molar-refractivity contribution in [2.75, 3.05) is 51.3 Å². The van der Waals surface area contributed by atoms with Crippen LogP contribution in [0.2, 0.25) is 0 Å². The summed E-state index contributed by atoms with van der Waals surface area (Å²) < 4.78 is 4.92. The summed E-state index contributed by atoms with van der Waals surface area (Å²) in [5.41, 5.74) is 1.27. The fourth-order valence-corrected chi connectivity index (χ4v) is 2.57. The van der Waals surface area contributed by atoms with E-state index < -0.39 is 0 Å². The molecule has 1 atom stereocenters. The van der Waals surface area contributed by atoms with Crippen molar-refractivity contribution in [3.05, 3.63) is 30.3 Å². The van der Waals surface area contributed by atoms with Gasteiger partial charge in [0.05, 0.1) is 13.2 Å². The fourth-order valence-electron chi connectivity index (χ4n) is 2.57. The van der Waals surface area contributed by atoms with E-state index in [9.17, 15) is 4.79 Å². The van der Waals surface area contributed by atoms with Gasteiger partial charge in [0.1, 0.15) is 0 Å². The second kappa shape index (κ2) is 8.64. The van der Waals surface area contributed by atoms with Gasteiger partial charge in [0.2, 0.25) is 5.91 Å². The van der Waals surface area contributed by atoms with Crippen LogP contribution in [0, 0.1) is 5.92 Å². The Morgan fingerprint density at radius 2 is 2.19 bits per heavy atom. The largest absolute Gasteiger partial charge is 0.383 e. The Morgan fingerprint density at radius 3 is 2.95 bits per heavy atom. The van der Waals surface area contributed by atoms with Crippen LogP contribution >= 0.6 is 0 Å². The molecule has 1 saturated heterocycles. The Hall–Kier alpha value is -1.59. The normalized spacial score (nSPS) is 18.0. The maximum absolute atomic E-state index is 11.7. The Balaban J connectivity index is 1.63. The SMILES string of the molecule is COCCNCC(=O)NCC1CCN(c2ccccc2)C1. The summed E-state index contributed by atoms with van der Waals surface area (Å²) in [7, 11) is 1.65. The molecule has 1 heterocycles. The maximum atomic E-state index is 11.7. The van der Waals surface area contributed by atoms with E-state index in [1.54, 1.807) is 7.11 Å². The molecule has 2 N–H and O–H groups in total. The number of nitrogens with zero attached hydrogens (tertiary/aromatic N) is 1.